The summed E-state index contributed by atoms with van der Waals surface area (Å²) >= 11 is 0. The number of rotatable bonds is 1. The second-order valence-electron chi connectivity index (χ2n) is 6.10. The van der Waals surface area contributed by atoms with Crippen LogP contribution in [0.1, 0.15) is 26.7 Å². The molecule has 0 saturated carbocycles. The van der Waals surface area contributed by atoms with Gasteiger partial charge in [0.1, 0.15) is 0 Å². The maximum absolute atomic E-state index is 12.1. The van der Waals surface area contributed by atoms with Gasteiger partial charge in [-0.2, -0.15) is 0 Å². The van der Waals surface area contributed by atoms with Crippen LogP contribution in [0.2, 0.25) is 0 Å². The van der Waals surface area contributed by atoms with Gasteiger partial charge in [0.25, 0.3) is 5.56 Å². The van der Waals surface area contributed by atoms with Crippen LogP contribution in [0, 0.1) is 5.41 Å². The van der Waals surface area contributed by atoms with Crippen molar-refractivity contribution >= 4 is 16.9 Å². The summed E-state index contributed by atoms with van der Waals surface area (Å²) in [5, 5.41) is 0.655. The molecule has 0 radical (unpaired) electrons. The Morgan fingerprint density at radius 3 is 2.89 bits per heavy atom. The monoisotopic (exact) mass is 257 g/mol. The zero-order valence-corrected chi connectivity index (χ0v) is 11.4. The lowest BCUT2D eigenvalue weighted by Crippen LogP contribution is -2.41. The van der Waals surface area contributed by atoms with Gasteiger partial charge in [-0.3, -0.25) is 9.78 Å². The minimum atomic E-state index is -0.0519. The highest BCUT2D eigenvalue weighted by atomic mass is 16.1. The summed E-state index contributed by atoms with van der Waals surface area (Å²) in [7, 11) is 0. The Bertz CT molecular complexity index is 660. The summed E-state index contributed by atoms with van der Waals surface area (Å²) < 4.78 is 0. The number of hydrogen-bond acceptors (Lipinski definition) is 3. The number of H-pyrrole nitrogens is 1. The lowest BCUT2D eigenvalue weighted by molar-refractivity contribution is 0.291. The number of anilines is 1. The van der Waals surface area contributed by atoms with Gasteiger partial charge in [-0.25, -0.2) is 4.98 Å². The van der Waals surface area contributed by atoms with E-state index in [1.807, 2.05) is 24.3 Å². The van der Waals surface area contributed by atoms with Crippen LogP contribution in [0.15, 0.2) is 29.1 Å². The Morgan fingerprint density at radius 1 is 1.32 bits per heavy atom. The molecule has 0 amide bonds. The van der Waals surface area contributed by atoms with E-state index >= 15 is 0 Å². The van der Waals surface area contributed by atoms with Crippen molar-refractivity contribution in [2.75, 3.05) is 18.0 Å². The molecule has 0 aliphatic carbocycles. The van der Waals surface area contributed by atoms with Crippen LogP contribution in [-0.4, -0.2) is 23.1 Å². The van der Waals surface area contributed by atoms with E-state index in [9.17, 15) is 4.79 Å². The van der Waals surface area contributed by atoms with Crippen LogP contribution in [-0.2, 0) is 0 Å². The largest absolute Gasteiger partial charge is 0.342 e. The highest BCUT2D eigenvalue weighted by molar-refractivity contribution is 5.78. The molecule has 1 aromatic carbocycles. The first kappa shape index (κ1) is 12.2. The zero-order chi connectivity index (χ0) is 13.5. The minimum Gasteiger partial charge on any atom is -0.342 e. The molecular weight excluding hydrogens is 238 g/mol. The van der Waals surface area contributed by atoms with Crippen molar-refractivity contribution in [1.29, 1.82) is 0 Å². The van der Waals surface area contributed by atoms with Gasteiger partial charge in [0, 0.05) is 13.1 Å². The van der Waals surface area contributed by atoms with Crippen LogP contribution in [0.4, 0.5) is 5.95 Å². The third-order valence-electron chi connectivity index (χ3n) is 3.80. The molecule has 100 valence electrons. The van der Waals surface area contributed by atoms with E-state index in [1.54, 1.807) is 0 Å². The fourth-order valence-electron chi connectivity index (χ4n) is 2.83. The van der Waals surface area contributed by atoms with Gasteiger partial charge < -0.3 is 4.90 Å². The van der Waals surface area contributed by atoms with E-state index in [2.05, 4.69) is 28.7 Å². The Balaban J connectivity index is 2.03. The fraction of sp³-hybridized carbons (Fsp3) is 0.467. The summed E-state index contributed by atoms with van der Waals surface area (Å²) in [4.78, 5) is 21.8. The topological polar surface area (TPSA) is 49.0 Å². The standard InChI is InChI=1S/C15H19N3O/c1-15(2)8-5-9-18(10-15)14-16-12-7-4-3-6-11(12)13(19)17-14/h3-4,6-7H,5,8-10H2,1-2H3,(H,16,17,19). The van der Waals surface area contributed by atoms with Gasteiger partial charge in [0.15, 0.2) is 0 Å². The van der Waals surface area contributed by atoms with Crippen LogP contribution in [0.25, 0.3) is 10.9 Å². The van der Waals surface area contributed by atoms with Gasteiger partial charge in [-0.05, 0) is 30.4 Å². The molecule has 3 rings (SSSR count). The van der Waals surface area contributed by atoms with E-state index < -0.39 is 0 Å². The predicted octanol–water partition coefficient (Wildman–Crippen LogP) is 2.55. The molecule has 4 nitrogen and oxygen atoms in total. The number of para-hydroxylation sites is 1. The SMILES string of the molecule is CC1(C)CCCN(c2nc3ccccc3c(=O)[nH]2)C1. The average molecular weight is 257 g/mol. The second kappa shape index (κ2) is 4.37. The van der Waals surface area contributed by atoms with E-state index in [4.69, 9.17) is 0 Å². The highest BCUT2D eigenvalue weighted by Crippen LogP contribution is 2.30. The van der Waals surface area contributed by atoms with Crippen molar-refractivity contribution in [2.24, 2.45) is 5.41 Å². The third-order valence-corrected chi connectivity index (χ3v) is 3.80. The van der Waals surface area contributed by atoms with Crippen molar-refractivity contribution in [3.05, 3.63) is 34.6 Å². The molecule has 2 aromatic rings. The summed E-state index contributed by atoms with van der Waals surface area (Å²) in [6.45, 7) is 6.43. The highest BCUT2D eigenvalue weighted by Gasteiger charge is 2.27. The molecule has 1 saturated heterocycles. The lowest BCUT2D eigenvalue weighted by Gasteiger charge is -2.38. The van der Waals surface area contributed by atoms with Crippen LogP contribution < -0.4 is 10.5 Å². The van der Waals surface area contributed by atoms with Crippen molar-refractivity contribution in [1.82, 2.24) is 9.97 Å². The number of hydrogen-bond donors (Lipinski definition) is 1. The summed E-state index contributed by atoms with van der Waals surface area (Å²) in [5.74, 6) is 0.705. The summed E-state index contributed by atoms with van der Waals surface area (Å²) in [5.41, 5.74) is 0.997. The van der Waals surface area contributed by atoms with Gasteiger partial charge in [-0.1, -0.05) is 26.0 Å². The van der Waals surface area contributed by atoms with Crippen molar-refractivity contribution in [3.8, 4) is 0 Å². The normalized spacial score (nSPS) is 18.7. The molecule has 0 spiro atoms. The molecule has 1 N–H and O–H groups in total. The molecule has 1 aliphatic rings. The van der Waals surface area contributed by atoms with Crippen molar-refractivity contribution < 1.29 is 0 Å². The van der Waals surface area contributed by atoms with E-state index in [0.717, 1.165) is 25.0 Å². The molecule has 19 heavy (non-hydrogen) atoms. The van der Waals surface area contributed by atoms with Crippen LogP contribution >= 0.6 is 0 Å². The van der Waals surface area contributed by atoms with Crippen molar-refractivity contribution in [3.63, 3.8) is 0 Å². The minimum absolute atomic E-state index is 0.0519. The number of nitrogens with zero attached hydrogens (tertiary/aromatic N) is 2. The van der Waals surface area contributed by atoms with E-state index in [-0.39, 0.29) is 11.0 Å². The molecule has 1 aromatic heterocycles. The summed E-state index contributed by atoms with van der Waals surface area (Å²) in [6, 6.07) is 7.48. The molecular formula is C15H19N3O. The number of fused-ring (bicyclic) bond motifs is 1. The van der Waals surface area contributed by atoms with Gasteiger partial charge in [0.05, 0.1) is 10.9 Å². The number of nitrogens with one attached hydrogen (secondary N) is 1. The Morgan fingerprint density at radius 2 is 2.11 bits per heavy atom. The number of benzene rings is 1. The molecule has 4 heteroatoms. The average Bonchev–Trinajstić information content (AvgIpc) is 2.37. The molecule has 1 fully saturated rings. The van der Waals surface area contributed by atoms with Gasteiger partial charge in [0.2, 0.25) is 5.95 Å². The quantitative estimate of drug-likeness (QED) is 0.854. The second-order valence-corrected chi connectivity index (χ2v) is 6.10. The summed E-state index contributed by atoms with van der Waals surface area (Å²) in [6.07, 6.45) is 2.37. The first-order valence-electron chi connectivity index (χ1n) is 6.79. The van der Waals surface area contributed by atoms with Crippen LogP contribution in [0.5, 0.6) is 0 Å². The maximum Gasteiger partial charge on any atom is 0.260 e. The first-order valence-corrected chi connectivity index (χ1v) is 6.79. The molecule has 0 unspecified atom stereocenters. The number of aromatic nitrogens is 2. The molecule has 0 atom stereocenters. The van der Waals surface area contributed by atoms with Gasteiger partial charge in [-0.15, -0.1) is 0 Å². The predicted molar refractivity (Wildman–Crippen MR) is 77.6 cm³/mol. The number of aromatic amines is 1. The van der Waals surface area contributed by atoms with E-state index in [0.29, 0.717) is 11.3 Å². The third kappa shape index (κ3) is 2.35. The zero-order valence-electron chi connectivity index (χ0n) is 11.4. The van der Waals surface area contributed by atoms with Crippen LogP contribution in [0.3, 0.4) is 0 Å². The smallest absolute Gasteiger partial charge is 0.260 e. The maximum atomic E-state index is 12.1. The number of piperidine rings is 1. The lowest BCUT2D eigenvalue weighted by atomic mass is 9.84. The molecule has 2 heterocycles. The van der Waals surface area contributed by atoms with Crippen molar-refractivity contribution in [2.45, 2.75) is 26.7 Å². The Kier molecular flexibility index (Phi) is 2.81. The molecule has 0 bridgehead atoms. The Labute approximate surface area is 112 Å². The Hall–Kier alpha value is -1.84. The first-order chi connectivity index (χ1) is 9.05. The molecule has 1 aliphatic heterocycles. The van der Waals surface area contributed by atoms with Gasteiger partial charge >= 0.3 is 0 Å². The van der Waals surface area contributed by atoms with E-state index in [1.165, 1.54) is 6.42 Å². The fourth-order valence-corrected chi connectivity index (χ4v) is 2.83.